The Labute approximate surface area is 203 Å². The number of carbonyl (C=O) groups is 3. The Morgan fingerprint density at radius 2 is 1.82 bits per heavy atom. The lowest BCUT2D eigenvalue weighted by atomic mass is 9.94. The Morgan fingerprint density at radius 3 is 2.47 bits per heavy atom. The number of hydrogen-bond acceptors (Lipinski definition) is 7. The van der Waals surface area contributed by atoms with Crippen molar-refractivity contribution in [1.82, 2.24) is 0 Å². The summed E-state index contributed by atoms with van der Waals surface area (Å²) in [4.78, 5) is 39.3. The minimum Gasteiger partial charge on any atom is -0.496 e. The number of benzene rings is 2. The van der Waals surface area contributed by atoms with Crippen LogP contribution in [0.25, 0.3) is 0 Å². The molecule has 2 N–H and O–H groups in total. The first-order chi connectivity index (χ1) is 16.0. The van der Waals surface area contributed by atoms with Crippen LogP contribution in [0.5, 0.6) is 5.75 Å². The van der Waals surface area contributed by atoms with Crippen molar-refractivity contribution in [1.29, 1.82) is 0 Å². The van der Waals surface area contributed by atoms with Gasteiger partial charge in [0.1, 0.15) is 18.0 Å². The molecule has 0 bridgehead atoms. The second-order valence-electron chi connectivity index (χ2n) is 9.19. The van der Waals surface area contributed by atoms with Gasteiger partial charge >= 0.3 is 11.9 Å². The van der Waals surface area contributed by atoms with Crippen LogP contribution in [0.2, 0.25) is 5.02 Å². The monoisotopic (exact) mass is 488 g/mol. The average molecular weight is 489 g/mol. The first-order valence-corrected chi connectivity index (χ1v) is 11.2. The van der Waals surface area contributed by atoms with Crippen LogP contribution in [0.1, 0.15) is 44.4 Å². The first-order valence-electron chi connectivity index (χ1n) is 10.9. The Hall–Kier alpha value is -2.94. The van der Waals surface area contributed by atoms with Crippen LogP contribution in [-0.4, -0.2) is 44.1 Å². The maximum atomic E-state index is 13.7. The lowest BCUT2D eigenvalue weighted by molar-refractivity contribution is -0.162. The third kappa shape index (κ3) is 5.94. The van der Waals surface area contributed by atoms with Crippen molar-refractivity contribution in [2.24, 2.45) is 11.1 Å². The highest BCUT2D eigenvalue weighted by Gasteiger charge is 2.40. The fourth-order valence-electron chi connectivity index (χ4n) is 3.83. The minimum atomic E-state index is -1.22. The third-order valence-electron chi connectivity index (χ3n) is 5.20. The molecule has 0 aliphatic carbocycles. The van der Waals surface area contributed by atoms with E-state index >= 15 is 0 Å². The van der Waals surface area contributed by atoms with Crippen molar-refractivity contribution in [2.45, 2.75) is 39.4 Å². The molecule has 1 heterocycles. The van der Waals surface area contributed by atoms with Gasteiger partial charge in [-0.05, 0) is 29.7 Å². The van der Waals surface area contributed by atoms with Gasteiger partial charge in [0.25, 0.3) is 5.91 Å². The summed E-state index contributed by atoms with van der Waals surface area (Å²) in [6.07, 6.45) is -2.46. The molecule has 0 unspecified atom stereocenters. The van der Waals surface area contributed by atoms with Gasteiger partial charge in [-0.3, -0.25) is 14.4 Å². The van der Waals surface area contributed by atoms with Gasteiger partial charge in [-0.15, -0.1) is 0 Å². The summed E-state index contributed by atoms with van der Waals surface area (Å²) in [6, 6.07) is 12.5. The highest BCUT2D eigenvalue weighted by Crippen LogP contribution is 2.43. The number of ether oxygens (including phenoxy) is 3. The maximum absolute atomic E-state index is 13.7. The normalized spacial score (nSPS) is 18.2. The zero-order valence-electron chi connectivity index (χ0n) is 19.7. The van der Waals surface area contributed by atoms with E-state index in [1.807, 2.05) is 39.0 Å². The van der Waals surface area contributed by atoms with E-state index in [2.05, 4.69) is 0 Å². The van der Waals surface area contributed by atoms with Crippen LogP contribution in [0.3, 0.4) is 0 Å². The molecule has 2 aromatic carbocycles. The van der Waals surface area contributed by atoms with Crippen molar-refractivity contribution in [3.63, 3.8) is 0 Å². The minimum absolute atomic E-state index is 0.266. The lowest BCUT2D eigenvalue weighted by Crippen LogP contribution is -2.44. The molecule has 1 aliphatic heterocycles. The van der Waals surface area contributed by atoms with Gasteiger partial charge in [0, 0.05) is 28.4 Å². The molecular weight excluding hydrogens is 460 g/mol. The van der Waals surface area contributed by atoms with Crippen molar-refractivity contribution in [3.8, 4) is 5.75 Å². The standard InChI is InChI=1S/C25H29ClN2O6/c1-25(2,3)14-28-18-10-9-15(26)11-17(18)23(16-7-5-6-8-19(16)32-4)33-20(24(28)31)12-21(29)34-22(30)13-27/h5-11,20,23H,12-14,27H2,1-4H3/t20-,23-/m0/s1. The Bertz CT molecular complexity index is 1080. The Kier molecular flexibility index (Phi) is 7.97. The second kappa shape index (κ2) is 10.5. The maximum Gasteiger partial charge on any atom is 0.327 e. The molecule has 9 heteroatoms. The summed E-state index contributed by atoms with van der Waals surface area (Å²) in [5, 5.41) is 0.469. The number of methoxy groups -OCH3 is 1. The number of halogens is 1. The number of anilines is 1. The number of nitrogens with zero attached hydrogens (tertiary/aromatic N) is 1. The van der Waals surface area contributed by atoms with Gasteiger partial charge in [0.05, 0.1) is 20.1 Å². The fraction of sp³-hybridized carbons (Fsp3) is 0.400. The summed E-state index contributed by atoms with van der Waals surface area (Å²) in [5.41, 5.74) is 6.91. The largest absolute Gasteiger partial charge is 0.496 e. The molecule has 0 aromatic heterocycles. The smallest absolute Gasteiger partial charge is 0.327 e. The molecule has 0 fully saturated rings. The SMILES string of the molecule is COc1ccccc1[C@@H]1O[C@@H](CC(=O)OC(=O)CN)C(=O)N(CC(C)(C)C)c2ccc(Cl)cc21. The molecule has 2 aromatic rings. The fourth-order valence-corrected chi connectivity index (χ4v) is 4.01. The average Bonchev–Trinajstić information content (AvgIpc) is 2.88. The second-order valence-corrected chi connectivity index (χ2v) is 9.63. The first kappa shape index (κ1) is 25.7. The van der Waals surface area contributed by atoms with Crippen molar-refractivity contribution in [2.75, 3.05) is 25.1 Å². The van der Waals surface area contributed by atoms with Crippen LogP contribution in [0, 0.1) is 5.41 Å². The van der Waals surface area contributed by atoms with Gasteiger partial charge < -0.3 is 24.8 Å². The van der Waals surface area contributed by atoms with E-state index in [1.165, 1.54) is 0 Å². The molecule has 34 heavy (non-hydrogen) atoms. The van der Waals surface area contributed by atoms with E-state index in [-0.39, 0.29) is 5.41 Å². The summed E-state index contributed by atoms with van der Waals surface area (Å²) >= 11 is 6.35. The van der Waals surface area contributed by atoms with Gasteiger partial charge in [0.2, 0.25) is 0 Å². The molecule has 0 spiro atoms. The number of nitrogens with two attached hydrogens (primary N) is 1. The predicted octanol–water partition coefficient (Wildman–Crippen LogP) is 3.63. The van der Waals surface area contributed by atoms with Crippen LogP contribution >= 0.6 is 11.6 Å². The summed E-state index contributed by atoms with van der Waals surface area (Å²) in [6.45, 7) is 5.92. The molecule has 0 saturated heterocycles. The molecule has 182 valence electrons. The zero-order chi connectivity index (χ0) is 25.0. The van der Waals surface area contributed by atoms with Crippen LogP contribution < -0.4 is 15.4 Å². The predicted molar refractivity (Wildman–Crippen MR) is 128 cm³/mol. The number of esters is 2. The quantitative estimate of drug-likeness (QED) is 0.488. The number of carbonyl (C=O) groups excluding carboxylic acids is 3. The summed E-state index contributed by atoms with van der Waals surface area (Å²) in [7, 11) is 1.54. The molecule has 1 aliphatic rings. The van der Waals surface area contributed by atoms with Gasteiger partial charge in [-0.25, -0.2) is 0 Å². The lowest BCUT2D eigenvalue weighted by Gasteiger charge is -2.31. The molecule has 3 rings (SSSR count). The van der Waals surface area contributed by atoms with E-state index in [4.69, 9.17) is 31.5 Å². The van der Waals surface area contributed by atoms with E-state index in [0.29, 0.717) is 34.1 Å². The van der Waals surface area contributed by atoms with E-state index in [1.54, 1.807) is 36.3 Å². The van der Waals surface area contributed by atoms with Gasteiger partial charge in [-0.2, -0.15) is 0 Å². The molecule has 0 radical (unpaired) electrons. The summed E-state index contributed by atoms with van der Waals surface area (Å²) < 4.78 is 16.5. The third-order valence-corrected chi connectivity index (χ3v) is 5.44. The van der Waals surface area contributed by atoms with Crippen molar-refractivity contribution in [3.05, 3.63) is 58.6 Å². The van der Waals surface area contributed by atoms with E-state index in [0.717, 1.165) is 0 Å². The molecule has 0 saturated carbocycles. The highest BCUT2D eigenvalue weighted by molar-refractivity contribution is 6.30. The van der Waals surface area contributed by atoms with Crippen molar-refractivity contribution < 1.29 is 28.6 Å². The number of hydrogen-bond donors (Lipinski definition) is 1. The molecular formula is C25H29ClN2O6. The summed E-state index contributed by atoms with van der Waals surface area (Å²) in [5.74, 6) is -1.65. The molecule has 8 nitrogen and oxygen atoms in total. The Balaban J connectivity index is 2.15. The molecule has 2 atom stereocenters. The topological polar surface area (TPSA) is 108 Å². The Morgan fingerprint density at radius 1 is 1.12 bits per heavy atom. The van der Waals surface area contributed by atoms with Crippen LogP contribution in [-0.2, 0) is 23.9 Å². The zero-order valence-corrected chi connectivity index (χ0v) is 20.4. The number of para-hydroxylation sites is 1. The molecule has 1 amide bonds. The van der Waals surface area contributed by atoms with Crippen LogP contribution in [0.15, 0.2) is 42.5 Å². The van der Waals surface area contributed by atoms with Gasteiger partial charge in [-0.1, -0.05) is 50.6 Å². The van der Waals surface area contributed by atoms with Gasteiger partial charge in [0.15, 0.2) is 0 Å². The van der Waals surface area contributed by atoms with Crippen LogP contribution in [0.4, 0.5) is 5.69 Å². The number of rotatable bonds is 6. The number of amides is 1. The van der Waals surface area contributed by atoms with E-state index in [9.17, 15) is 14.4 Å². The highest BCUT2D eigenvalue weighted by atomic mass is 35.5. The number of fused-ring (bicyclic) bond motifs is 1. The van der Waals surface area contributed by atoms with Crippen molar-refractivity contribution >= 4 is 35.1 Å². The van der Waals surface area contributed by atoms with E-state index < -0.39 is 43.0 Å².